The van der Waals surface area contributed by atoms with E-state index < -0.39 is 11.9 Å². The standard InChI is InChI=1S/C16H19N3O4/c1-4-10(5-2)14-13(15(20)21)17-18-19(14)12-8-6-7-11(9-12)16(22)23-3/h6-10H,4-5H2,1-3H3,(H,20,21). The van der Waals surface area contributed by atoms with Crippen LogP contribution in [-0.2, 0) is 4.74 Å². The van der Waals surface area contributed by atoms with Crippen LogP contribution in [0, 0.1) is 0 Å². The molecule has 0 amide bonds. The monoisotopic (exact) mass is 317 g/mol. The molecule has 0 unspecified atom stereocenters. The Balaban J connectivity index is 2.60. The minimum atomic E-state index is -1.11. The van der Waals surface area contributed by atoms with Gasteiger partial charge in [-0.2, -0.15) is 0 Å². The Morgan fingerprint density at radius 2 is 2.00 bits per heavy atom. The van der Waals surface area contributed by atoms with E-state index in [0.29, 0.717) is 16.9 Å². The van der Waals surface area contributed by atoms with Crippen molar-refractivity contribution >= 4 is 11.9 Å². The number of hydrogen-bond donors (Lipinski definition) is 1. The number of carbonyl (C=O) groups excluding carboxylic acids is 1. The van der Waals surface area contributed by atoms with Gasteiger partial charge in [0.25, 0.3) is 0 Å². The highest BCUT2D eigenvalue weighted by Gasteiger charge is 2.25. The Hall–Kier alpha value is -2.70. The number of carboxylic acids is 1. The summed E-state index contributed by atoms with van der Waals surface area (Å²) in [5.74, 6) is -1.56. The number of esters is 1. The van der Waals surface area contributed by atoms with Crippen molar-refractivity contribution in [2.45, 2.75) is 32.6 Å². The molecule has 0 fully saturated rings. The van der Waals surface area contributed by atoms with Crippen molar-refractivity contribution in [1.29, 1.82) is 0 Å². The second kappa shape index (κ2) is 7.04. The van der Waals surface area contributed by atoms with Gasteiger partial charge in [0.15, 0.2) is 5.69 Å². The van der Waals surface area contributed by atoms with Gasteiger partial charge in [-0.15, -0.1) is 5.10 Å². The Kier molecular flexibility index (Phi) is 5.10. The van der Waals surface area contributed by atoms with E-state index >= 15 is 0 Å². The van der Waals surface area contributed by atoms with E-state index in [0.717, 1.165) is 12.8 Å². The highest BCUT2D eigenvalue weighted by molar-refractivity contribution is 5.90. The van der Waals surface area contributed by atoms with E-state index in [2.05, 4.69) is 10.3 Å². The molecule has 0 saturated carbocycles. The predicted molar refractivity (Wildman–Crippen MR) is 83.0 cm³/mol. The van der Waals surface area contributed by atoms with Crippen molar-refractivity contribution < 1.29 is 19.4 Å². The molecule has 7 nitrogen and oxygen atoms in total. The average Bonchev–Trinajstić information content (AvgIpc) is 3.00. The molecule has 7 heteroatoms. The average molecular weight is 317 g/mol. The molecule has 2 aromatic rings. The molecule has 0 radical (unpaired) electrons. The molecule has 0 saturated heterocycles. The largest absolute Gasteiger partial charge is 0.476 e. The number of nitrogens with zero attached hydrogens (tertiary/aromatic N) is 3. The Bertz CT molecular complexity index is 720. The fraction of sp³-hybridized carbons (Fsp3) is 0.375. The quantitative estimate of drug-likeness (QED) is 0.823. The van der Waals surface area contributed by atoms with Crippen molar-refractivity contribution in [3.63, 3.8) is 0 Å². The summed E-state index contributed by atoms with van der Waals surface area (Å²) in [7, 11) is 1.31. The van der Waals surface area contributed by atoms with Crippen LogP contribution in [-0.4, -0.2) is 39.1 Å². The summed E-state index contributed by atoms with van der Waals surface area (Å²) >= 11 is 0. The second-order valence-corrected chi connectivity index (χ2v) is 5.10. The number of carbonyl (C=O) groups is 2. The molecule has 1 heterocycles. The zero-order valence-corrected chi connectivity index (χ0v) is 13.3. The number of benzene rings is 1. The van der Waals surface area contributed by atoms with Crippen molar-refractivity contribution in [3.05, 3.63) is 41.2 Å². The number of aromatic nitrogens is 3. The smallest absolute Gasteiger partial charge is 0.358 e. The summed E-state index contributed by atoms with van der Waals surface area (Å²) in [6.45, 7) is 3.98. The van der Waals surface area contributed by atoms with Gasteiger partial charge < -0.3 is 9.84 Å². The molecule has 0 aliphatic carbocycles. The van der Waals surface area contributed by atoms with Crippen LogP contribution in [0.4, 0.5) is 0 Å². The van der Waals surface area contributed by atoms with Gasteiger partial charge in [-0.05, 0) is 31.0 Å². The molecule has 23 heavy (non-hydrogen) atoms. The van der Waals surface area contributed by atoms with Crippen LogP contribution in [0.3, 0.4) is 0 Å². The molecule has 1 aromatic heterocycles. The number of rotatable bonds is 6. The van der Waals surface area contributed by atoms with Crippen LogP contribution in [0.15, 0.2) is 24.3 Å². The number of methoxy groups -OCH3 is 1. The molecule has 1 aromatic carbocycles. The summed E-state index contributed by atoms with van der Waals surface area (Å²) in [4.78, 5) is 23.1. The van der Waals surface area contributed by atoms with E-state index in [4.69, 9.17) is 4.74 Å². The first-order valence-electron chi connectivity index (χ1n) is 7.41. The first-order chi connectivity index (χ1) is 11.0. The summed E-state index contributed by atoms with van der Waals surface area (Å²) in [6, 6.07) is 6.68. The van der Waals surface area contributed by atoms with Crippen molar-refractivity contribution in [3.8, 4) is 5.69 Å². The molecule has 122 valence electrons. The predicted octanol–water partition coefficient (Wildman–Crippen LogP) is 2.66. The van der Waals surface area contributed by atoms with Gasteiger partial charge in [-0.3, -0.25) is 0 Å². The first kappa shape index (κ1) is 16.7. The number of ether oxygens (including phenoxy) is 1. The Labute approximate surface area is 133 Å². The van der Waals surface area contributed by atoms with Gasteiger partial charge in [0.2, 0.25) is 0 Å². The SMILES string of the molecule is CCC(CC)c1c(C(=O)O)nnn1-c1cccc(C(=O)OC)c1. The van der Waals surface area contributed by atoms with E-state index in [9.17, 15) is 14.7 Å². The molecule has 0 atom stereocenters. The highest BCUT2D eigenvalue weighted by atomic mass is 16.5. The van der Waals surface area contributed by atoms with Crippen LogP contribution in [0.25, 0.3) is 5.69 Å². The molecule has 0 aliphatic heterocycles. The van der Waals surface area contributed by atoms with Gasteiger partial charge in [0.05, 0.1) is 24.1 Å². The van der Waals surface area contributed by atoms with E-state index in [1.54, 1.807) is 24.3 Å². The molecular weight excluding hydrogens is 298 g/mol. The van der Waals surface area contributed by atoms with Gasteiger partial charge >= 0.3 is 11.9 Å². The maximum absolute atomic E-state index is 11.7. The third-order valence-corrected chi connectivity index (χ3v) is 3.79. The molecule has 1 N–H and O–H groups in total. The Morgan fingerprint density at radius 1 is 1.30 bits per heavy atom. The van der Waals surface area contributed by atoms with Crippen molar-refractivity contribution in [2.24, 2.45) is 0 Å². The zero-order chi connectivity index (χ0) is 17.0. The van der Waals surface area contributed by atoms with Crippen LogP contribution in [0.5, 0.6) is 0 Å². The van der Waals surface area contributed by atoms with Gasteiger partial charge in [0.1, 0.15) is 0 Å². The third-order valence-electron chi connectivity index (χ3n) is 3.79. The maximum Gasteiger partial charge on any atom is 0.358 e. The van der Waals surface area contributed by atoms with Crippen molar-refractivity contribution in [2.75, 3.05) is 7.11 Å². The summed E-state index contributed by atoms with van der Waals surface area (Å²) in [6.07, 6.45) is 1.53. The van der Waals surface area contributed by atoms with Gasteiger partial charge in [0, 0.05) is 5.92 Å². The van der Waals surface area contributed by atoms with Crippen LogP contribution < -0.4 is 0 Å². The normalized spacial score (nSPS) is 10.8. The highest BCUT2D eigenvalue weighted by Crippen LogP contribution is 2.27. The minimum absolute atomic E-state index is 0.0119. The lowest BCUT2D eigenvalue weighted by Crippen LogP contribution is -2.12. The fourth-order valence-corrected chi connectivity index (χ4v) is 2.56. The number of hydrogen-bond acceptors (Lipinski definition) is 5. The molecule has 0 aliphatic rings. The van der Waals surface area contributed by atoms with Crippen LogP contribution >= 0.6 is 0 Å². The van der Waals surface area contributed by atoms with Gasteiger partial charge in [-0.25, -0.2) is 14.3 Å². The molecule has 2 rings (SSSR count). The lowest BCUT2D eigenvalue weighted by atomic mass is 9.97. The topological polar surface area (TPSA) is 94.3 Å². The lowest BCUT2D eigenvalue weighted by molar-refractivity contribution is 0.0599. The van der Waals surface area contributed by atoms with E-state index in [1.807, 2.05) is 13.8 Å². The third kappa shape index (κ3) is 3.23. The van der Waals surface area contributed by atoms with Crippen LogP contribution in [0.1, 0.15) is 59.1 Å². The molecule has 0 bridgehead atoms. The lowest BCUT2D eigenvalue weighted by Gasteiger charge is -2.15. The van der Waals surface area contributed by atoms with Crippen LogP contribution in [0.2, 0.25) is 0 Å². The maximum atomic E-state index is 11.7. The van der Waals surface area contributed by atoms with E-state index in [1.165, 1.54) is 11.8 Å². The number of carboxylic acid groups (broad SMARTS) is 1. The first-order valence-corrected chi connectivity index (χ1v) is 7.41. The second-order valence-electron chi connectivity index (χ2n) is 5.10. The van der Waals surface area contributed by atoms with Gasteiger partial charge in [-0.1, -0.05) is 25.1 Å². The molecule has 0 spiro atoms. The summed E-state index contributed by atoms with van der Waals surface area (Å²) in [5.41, 5.74) is 1.44. The zero-order valence-electron chi connectivity index (χ0n) is 13.3. The van der Waals surface area contributed by atoms with E-state index in [-0.39, 0.29) is 11.6 Å². The number of aromatic carboxylic acids is 1. The summed E-state index contributed by atoms with van der Waals surface area (Å²) < 4.78 is 6.21. The fourth-order valence-electron chi connectivity index (χ4n) is 2.56. The van der Waals surface area contributed by atoms with Crippen molar-refractivity contribution in [1.82, 2.24) is 15.0 Å². The molecular formula is C16H19N3O4. The summed E-state index contributed by atoms with van der Waals surface area (Å²) in [5, 5.41) is 17.1. The Morgan fingerprint density at radius 3 is 2.57 bits per heavy atom. The minimum Gasteiger partial charge on any atom is -0.476 e.